The lowest BCUT2D eigenvalue weighted by Crippen LogP contribution is -2.50. The van der Waals surface area contributed by atoms with Crippen LogP contribution in [0.25, 0.3) is 0 Å². The second-order valence-corrected chi connectivity index (χ2v) is 5.89. The summed E-state index contributed by atoms with van der Waals surface area (Å²) in [6, 6.07) is 7.29. The van der Waals surface area contributed by atoms with Gasteiger partial charge in [-0.2, -0.15) is 0 Å². The summed E-state index contributed by atoms with van der Waals surface area (Å²) in [7, 11) is 0. The Morgan fingerprint density at radius 2 is 2.14 bits per heavy atom. The number of benzene rings is 1. The average Bonchev–Trinajstić information content (AvgIpc) is 2.50. The maximum atomic E-state index is 12.3. The van der Waals surface area contributed by atoms with E-state index in [1.54, 1.807) is 0 Å². The Labute approximate surface area is 126 Å². The molecule has 1 aromatic rings. The topological polar surface area (TPSA) is 78.6 Å². The van der Waals surface area contributed by atoms with E-state index in [1.165, 1.54) is 0 Å². The predicted molar refractivity (Wildman–Crippen MR) is 83.8 cm³/mol. The summed E-state index contributed by atoms with van der Waals surface area (Å²) in [5.74, 6) is 0.262. The molecular weight excluding hydrogens is 266 g/mol. The normalized spacial score (nSPS) is 24.6. The number of amides is 1. The molecule has 116 valence electrons. The van der Waals surface area contributed by atoms with Crippen molar-refractivity contribution >= 4 is 11.6 Å². The van der Waals surface area contributed by atoms with Gasteiger partial charge in [-0.1, -0.05) is 19.1 Å². The fourth-order valence-corrected chi connectivity index (χ4v) is 2.56. The third kappa shape index (κ3) is 4.03. The van der Waals surface area contributed by atoms with Crippen molar-refractivity contribution in [3.05, 3.63) is 29.8 Å². The molecule has 0 bridgehead atoms. The standard InChI is InChI=1S/C16H25N3O2/c1-11-7-8-19(10-15(11)20)12(2)16(21)18-14-5-3-13(9-17)4-6-14/h3-6,11-12,15,20H,7-10,17H2,1-2H3,(H,18,21). The Balaban J connectivity index is 1.92. The molecular formula is C16H25N3O2. The van der Waals surface area contributed by atoms with Crippen molar-refractivity contribution in [1.29, 1.82) is 0 Å². The molecule has 0 radical (unpaired) electrons. The van der Waals surface area contributed by atoms with Gasteiger partial charge in [0.1, 0.15) is 0 Å². The minimum Gasteiger partial charge on any atom is -0.392 e. The van der Waals surface area contributed by atoms with Crippen LogP contribution in [0.15, 0.2) is 24.3 Å². The van der Waals surface area contributed by atoms with Crippen molar-refractivity contribution < 1.29 is 9.90 Å². The summed E-state index contributed by atoms with van der Waals surface area (Å²) in [6.07, 6.45) is 0.571. The van der Waals surface area contributed by atoms with Crippen LogP contribution in [0.2, 0.25) is 0 Å². The van der Waals surface area contributed by atoms with Gasteiger partial charge in [-0.05, 0) is 43.5 Å². The van der Waals surface area contributed by atoms with Crippen molar-refractivity contribution in [3.63, 3.8) is 0 Å². The minimum atomic E-state index is -0.349. The van der Waals surface area contributed by atoms with E-state index in [0.29, 0.717) is 19.0 Å². The second-order valence-electron chi connectivity index (χ2n) is 5.89. The molecule has 1 amide bonds. The third-order valence-corrected chi connectivity index (χ3v) is 4.33. The number of nitrogens with one attached hydrogen (secondary N) is 1. The van der Waals surface area contributed by atoms with Crippen molar-refractivity contribution in [2.75, 3.05) is 18.4 Å². The molecule has 3 unspecified atom stereocenters. The number of likely N-dealkylation sites (tertiary alicyclic amines) is 1. The van der Waals surface area contributed by atoms with Crippen molar-refractivity contribution in [3.8, 4) is 0 Å². The van der Waals surface area contributed by atoms with E-state index in [2.05, 4.69) is 5.32 Å². The first-order valence-corrected chi connectivity index (χ1v) is 7.53. The number of rotatable bonds is 4. The lowest BCUT2D eigenvalue weighted by molar-refractivity contribution is -0.122. The SMILES string of the molecule is CC1CCN(C(C)C(=O)Nc2ccc(CN)cc2)CC1O. The molecule has 0 saturated carbocycles. The van der Waals surface area contributed by atoms with Gasteiger partial charge in [0, 0.05) is 18.8 Å². The van der Waals surface area contributed by atoms with E-state index < -0.39 is 0 Å². The van der Waals surface area contributed by atoms with Gasteiger partial charge in [0.2, 0.25) is 5.91 Å². The number of aliphatic hydroxyl groups is 1. The molecule has 1 fully saturated rings. The Hall–Kier alpha value is -1.43. The zero-order chi connectivity index (χ0) is 15.4. The summed E-state index contributed by atoms with van der Waals surface area (Å²) in [5.41, 5.74) is 7.36. The summed E-state index contributed by atoms with van der Waals surface area (Å²) < 4.78 is 0. The third-order valence-electron chi connectivity index (χ3n) is 4.33. The molecule has 0 aliphatic carbocycles. The van der Waals surface area contributed by atoms with Crippen LogP contribution >= 0.6 is 0 Å². The van der Waals surface area contributed by atoms with Gasteiger partial charge in [0.25, 0.3) is 0 Å². The zero-order valence-electron chi connectivity index (χ0n) is 12.7. The van der Waals surface area contributed by atoms with Gasteiger partial charge in [-0.15, -0.1) is 0 Å². The maximum Gasteiger partial charge on any atom is 0.241 e. The zero-order valence-corrected chi connectivity index (χ0v) is 12.7. The van der Waals surface area contributed by atoms with Crippen LogP contribution in [0.3, 0.4) is 0 Å². The fraction of sp³-hybridized carbons (Fsp3) is 0.562. The molecule has 5 nitrogen and oxygen atoms in total. The molecule has 5 heteroatoms. The number of anilines is 1. The summed E-state index contributed by atoms with van der Waals surface area (Å²) >= 11 is 0. The number of nitrogens with zero attached hydrogens (tertiary/aromatic N) is 1. The highest BCUT2D eigenvalue weighted by Gasteiger charge is 2.30. The van der Waals surface area contributed by atoms with Gasteiger partial charge in [-0.25, -0.2) is 0 Å². The number of carbonyl (C=O) groups excluding carboxylic acids is 1. The molecule has 1 saturated heterocycles. The van der Waals surface area contributed by atoms with Crippen molar-refractivity contribution in [2.24, 2.45) is 11.7 Å². The number of aliphatic hydroxyl groups excluding tert-OH is 1. The molecule has 1 aromatic carbocycles. The van der Waals surface area contributed by atoms with E-state index in [9.17, 15) is 9.90 Å². The van der Waals surface area contributed by atoms with Gasteiger partial charge in [0.05, 0.1) is 12.1 Å². The molecule has 4 N–H and O–H groups in total. The molecule has 2 rings (SSSR count). The first kappa shape index (κ1) is 15.9. The number of β-amino-alcohol motifs (C(OH)–C–C–N with tert-alkyl or cyclic N) is 1. The van der Waals surface area contributed by atoms with Gasteiger partial charge in [-0.3, -0.25) is 9.69 Å². The number of hydrogen-bond donors (Lipinski definition) is 3. The lowest BCUT2D eigenvalue weighted by atomic mass is 9.95. The number of hydrogen-bond acceptors (Lipinski definition) is 4. The van der Waals surface area contributed by atoms with Crippen LogP contribution in [-0.4, -0.2) is 41.1 Å². The quantitative estimate of drug-likeness (QED) is 0.778. The molecule has 21 heavy (non-hydrogen) atoms. The smallest absolute Gasteiger partial charge is 0.241 e. The minimum absolute atomic E-state index is 0.0442. The van der Waals surface area contributed by atoms with E-state index in [0.717, 1.165) is 24.2 Å². The lowest BCUT2D eigenvalue weighted by Gasteiger charge is -2.37. The summed E-state index contributed by atoms with van der Waals surface area (Å²) in [5, 5.41) is 12.9. The van der Waals surface area contributed by atoms with E-state index in [4.69, 9.17) is 5.73 Å². The summed E-state index contributed by atoms with van der Waals surface area (Å²) in [4.78, 5) is 14.3. The van der Waals surface area contributed by atoms with Crippen LogP contribution in [0, 0.1) is 5.92 Å². The average molecular weight is 291 g/mol. The fourth-order valence-electron chi connectivity index (χ4n) is 2.56. The Morgan fingerprint density at radius 3 is 2.71 bits per heavy atom. The van der Waals surface area contributed by atoms with Crippen LogP contribution in [-0.2, 0) is 11.3 Å². The Morgan fingerprint density at radius 1 is 1.48 bits per heavy atom. The molecule has 0 aromatic heterocycles. The first-order valence-electron chi connectivity index (χ1n) is 7.53. The van der Waals surface area contributed by atoms with Crippen LogP contribution < -0.4 is 11.1 Å². The van der Waals surface area contributed by atoms with Crippen molar-refractivity contribution in [2.45, 2.75) is 39.0 Å². The van der Waals surface area contributed by atoms with Crippen LogP contribution in [0.1, 0.15) is 25.8 Å². The van der Waals surface area contributed by atoms with Gasteiger partial charge >= 0.3 is 0 Å². The molecule has 1 aliphatic heterocycles. The van der Waals surface area contributed by atoms with E-state index in [1.807, 2.05) is 43.0 Å². The highest BCUT2D eigenvalue weighted by molar-refractivity contribution is 5.94. The molecule has 3 atom stereocenters. The van der Waals surface area contributed by atoms with E-state index in [-0.39, 0.29) is 18.1 Å². The predicted octanol–water partition coefficient (Wildman–Crippen LogP) is 1.17. The number of carbonyl (C=O) groups is 1. The number of nitrogens with two attached hydrogens (primary N) is 1. The van der Waals surface area contributed by atoms with Gasteiger partial charge in [0.15, 0.2) is 0 Å². The van der Waals surface area contributed by atoms with Gasteiger partial charge < -0.3 is 16.2 Å². The highest BCUT2D eigenvalue weighted by atomic mass is 16.3. The molecule has 1 heterocycles. The van der Waals surface area contributed by atoms with Crippen LogP contribution in [0.4, 0.5) is 5.69 Å². The molecule has 1 aliphatic rings. The Kier molecular flexibility index (Phi) is 5.33. The summed E-state index contributed by atoms with van der Waals surface area (Å²) in [6.45, 7) is 5.83. The van der Waals surface area contributed by atoms with Crippen molar-refractivity contribution in [1.82, 2.24) is 4.90 Å². The number of piperidine rings is 1. The maximum absolute atomic E-state index is 12.3. The second kappa shape index (κ2) is 7.02. The molecule has 0 spiro atoms. The van der Waals surface area contributed by atoms with Crippen LogP contribution in [0.5, 0.6) is 0 Å². The Bertz CT molecular complexity index is 475. The largest absolute Gasteiger partial charge is 0.392 e. The first-order chi connectivity index (χ1) is 10.0. The monoisotopic (exact) mass is 291 g/mol. The highest BCUT2D eigenvalue weighted by Crippen LogP contribution is 2.19. The van der Waals surface area contributed by atoms with E-state index >= 15 is 0 Å².